The minimum Gasteiger partial charge on any atom is -0.497 e. The zero-order valence-corrected chi connectivity index (χ0v) is 17.1. The number of methoxy groups -OCH3 is 1. The van der Waals surface area contributed by atoms with Gasteiger partial charge in [0.15, 0.2) is 0 Å². The average Bonchev–Trinajstić information content (AvgIpc) is 2.73. The second-order valence-corrected chi connectivity index (χ2v) is 6.83. The topological polar surface area (TPSA) is 86.1 Å². The summed E-state index contributed by atoms with van der Waals surface area (Å²) in [7, 11) is 1.58. The summed E-state index contributed by atoms with van der Waals surface area (Å²) in [4.78, 5) is 29.5. The van der Waals surface area contributed by atoms with Crippen molar-refractivity contribution in [2.24, 2.45) is 0 Å². The number of rotatable bonds is 6. The summed E-state index contributed by atoms with van der Waals surface area (Å²) in [5.74, 6) is 0.348. The third-order valence-corrected chi connectivity index (χ3v) is 5.02. The Hall–Kier alpha value is -3.19. The third kappa shape index (κ3) is 4.46. The van der Waals surface area contributed by atoms with E-state index in [1.165, 1.54) is 6.20 Å². The zero-order valence-electron chi connectivity index (χ0n) is 16.3. The van der Waals surface area contributed by atoms with Crippen molar-refractivity contribution in [2.45, 2.75) is 26.3 Å². The molecule has 0 radical (unpaired) electrons. The number of amides is 1. The predicted molar refractivity (Wildman–Crippen MR) is 112 cm³/mol. The minimum absolute atomic E-state index is 0.355. The van der Waals surface area contributed by atoms with Gasteiger partial charge in [0.25, 0.3) is 0 Å². The van der Waals surface area contributed by atoms with Gasteiger partial charge in [-0.25, -0.2) is 9.48 Å². The van der Waals surface area contributed by atoms with E-state index in [4.69, 9.17) is 16.3 Å². The van der Waals surface area contributed by atoms with Crippen LogP contribution >= 0.6 is 11.6 Å². The van der Waals surface area contributed by atoms with Gasteiger partial charge in [0.2, 0.25) is 5.91 Å². The number of nitrogens with zero attached hydrogens (tertiary/aromatic N) is 3. The van der Waals surface area contributed by atoms with E-state index in [9.17, 15) is 9.59 Å². The molecule has 0 saturated carbocycles. The summed E-state index contributed by atoms with van der Waals surface area (Å²) in [6, 6.07) is 11.6. The molecular formula is C21H21ClN4O3. The number of aromatic nitrogens is 3. The molecule has 0 bridgehead atoms. The lowest BCUT2D eigenvalue weighted by atomic mass is 10.1. The zero-order chi connectivity index (χ0) is 21.0. The van der Waals surface area contributed by atoms with Crippen molar-refractivity contribution in [2.75, 3.05) is 12.4 Å². The number of nitrogens with one attached hydrogen (secondary N) is 1. The van der Waals surface area contributed by atoms with Crippen LogP contribution in [0.5, 0.6) is 5.75 Å². The first-order valence-electron chi connectivity index (χ1n) is 9.10. The number of anilines is 1. The Kier molecular flexibility index (Phi) is 6.29. The molecule has 150 valence electrons. The smallest absolute Gasteiger partial charge is 0.365 e. The highest BCUT2D eigenvalue weighted by atomic mass is 35.5. The molecule has 0 aliphatic heterocycles. The maximum atomic E-state index is 12.8. The first-order chi connectivity index (χ1) is 13.9. The van der Waals surface area contributed by atoms with Crippen LogP contribution in [0.15, 0.2) is 53.5 Å². The van der Waals surface area contributed by atoms with Crippen LogP contribution in [-0.4, -0.2) is 27.8 Å². The quantitative estimate of drug-likeness (QED) is 0.664. The van der Waals surface area contributed by atoms with Crippen LogP contribution in [0.4, 0.5) is 5.69 Å². The van der Waals surface area contributed by atoms with Gasteiger partial charge in [0.1, 0.15) is 11.8 Å². The maximum Gasteiger partial charge on any atom is 0.365 e. The Morgan fingerprint density at radius 2 is 1.97 bits per heavy atom. The van der Waals surface area contributed by atoms with E-state index in [2.05, 4.69) is 15.4 Å². The molecule has 2 aromatic carbocycles. The molecule has 1 aromatic heterocycles. The lowest BCUT2D eigenvalue weighted by Gasteiger charge is -2.17. The summed E-state index contributed by atoms with van der Waals surface area (Å²) >= 11 is 6.11. The van der Waals surface area contributed by atoms with E-state index >= 15 is 0 Å². The first kappa shape index (κ1) is 20.5. The van der Waals surface area contributed by atoms with E-state index < -0.39 is 11.7 Å². The Balaban J connectivity index is 1.86. The van der Waals surface area contributed by atoms with Crippen molar-refractivity contribution < 1.29 is 9.53 Å². The molecule has 7 nitrogen and oxygen atoms in total. The normalized spacial score (nSPS) is 11.7. The summed E-state index contributed by atoms with van der Waals surface area (Å²) in [5.41, 5.74) is 1.91. The van der Waals surface area contributed by atoms with Gasteiger partial charge < -0.3 is 10.1 Å². The van der Waals surface area contributed by atoms with Gasteiger partial charge in [-0.3, -0.25) is 4.79 Å². The number of carbonyl (C=O) groups is 1. The number of halogens is 1. The lowest BCUT2D eigenvalue weighted by Crippen LogP contribution is -2.36. The van der Waals surface area contributed by atoms with Gasteiger partial charge in [-0.2, -0.15) is 10.1 Å². The molecule has 1 atom stereocenters. The van der Waals surface area contributed by atoms with Gasteiger partial charge in [0, 0.05) is 16.3 Å². The summed E-state index contributed by atoms with van der Waals surface area (Å²) in [6.45, 7) is 3.62. The molecular weight excluding hydrogens is 392 g/mol. The van der Waals surface area contributed by atoms with Gasteiger partial charge in [-0.1, -0.05) is 24.6 Å². The van der Waals surface area contributed by atoms with Gasteiger partial charge in [0.05, 0.1) is 19.0 Å². The second kappa shape index (κ2) is 8.87. The van der Waals surface area contributed by atoms with Crippen molar-refractivity contribution in [3.8, 4) is 17.0 Å². The van der Waals surface area contributed by atoms with Gasteiger partial charge in [-0.15, -0.1) is 0 Å². The molecule has 0 spiro atoms. The fraction of sp³-hybridized carbons (Fsp3) is 0.238. The Morgan fingerprint density at radius 3 is 2.59 bits per heavy atom. The number of ether oxygens (including phenoxy) is 1. The highest BCUT2D eigenvalue weighted by Gasteiger charge is 2.22. The minimum atomic E-state index is -0.793. The van der Waals surface area contributed by atoms with Crippen LogP contribution < -0.4 is 15.7 Å². The van der Waals surface area contributed by atoms with Crippen LogP contribution in [0.1, 0.15) is 24.9 Å². The predicted octanol–water partition coefficient (Wildman–Crippen LogP) is 3.87. The van der Waals surface area contributed by atoms with Crippen molar-refractivity contribution in [1.29, 1.82) is 0 Å². The van der Waals surface area contributed by atoms with Crippen LogP contribution in [0.3, 0.4) is 0 Å². The van der Waals surface area contributed by atoms with E-state index in [0.717, 1.165) is 15.8 Å². The number of carbonyl (C=O) groups excluding carboxylic acids is 1. The highest BCUT2D eigenvalue weighted by molar-refractivity contribution is 6.31. The van der Waals surface area contributed by atoms with Crippen LogP contribution in [0, 0.1) is 6.92 Å². The lowest BCUT2D eigenvalue weighted by molar-refractivity contribution is -0.119. The molecule has 29 heavy (non-hydrogen) atoms. The monoisotopic (exact) mass is 412 g/mol. The van der Waals surface area contributed by atoms with E-state index in [0.29, 0.717) is 28.6 Å². The number of hydrogen-bond donors (Lipinski definition) is 1. The van der Waals surface area contributed by atoms with Gasteiger partial charge >= 0.3 is 5.69 Å². The fourth-order valence-electron chi connectivity index (χ4n) is 2.89. The molecule has 0 aliphatic carbocycles. The van der Waals surface area contributed by atoms with Crippen LogP contribution in [0.2, 0.25) is 5.02 Å². The molecule has 0 saturated heterocycles. The molecule has 1 N–H and O–H groups in total. The SMILES string of the molecule is CC[C@H](C(=O)Nc1cccc(Cl)c1C)n1ncc(-c2ccc(OC)cc2)nc1=O. The van der Waals surface area contributed by atoms with Crippen molar-refractivity contribution >= 4 is 23.2 Å². The molecule has 8 heteroatoms. The molecule has 0 unspecified atom stereocenters. The van der Waals surface area contributed by atoms with E-state index in [-0.39, 0.29) is 5.91 Å². The standard InChI is InChI=1S/C21H21ClN4O3/c1-4-19(20(27)24-17-7-5-6-16(22)13(17)2)26-21(28)25-18(12-23-26)14-8-10-15(29-3)11-9-14/h5-12,19H,4H2,1-3H3,(H,24,27)/t19-/m1/s1. The molecule has 1 amide bonds. The summed E-state index contributed by atoms with van der Waals surface area (Å²) in [5, 5.41) is 7.57. The highest BCUT2D eigenvalue weighted by Crippen LogP contribution is 2.24. The Bertz CT molecular complexity index is 1080. The maximum absolute atomic E-state index is 12.8. The first-order valence-corrected chi connectivity index (χ1v) is 9.48. The molecule has 1 heterocycles. The van der Waals surface area contributed by atoms with E-state index in [1.807, 2.05) is 6.92 Å². The third-order valence-electron chi connectivity index (χ3n) is 4.61. The van der Waals surface area contributed by atoms with Crippen LogP contribution in [-0.2, 0) is 4.79 Å². The van der Waals surface area contributed by atoms with Crippen molar-refractivity contribution in [1.82, 2.24) is 14.8 Å². The number of benzene rings is 2. The molecule has 0 fully saturated rings. The average molecular weight is 413 g/mol. The largest absolute Gasteiger partial charge is 0.497 e. The molecule has 3 aromatic rings. The Labute approximate surface area is 173 Å². The summed E-state index contributed by atoms with van der Waals surface area (Å²) in [6.07, 6.45) is 1.85. The van der Waals surface area contributed by atoms with E-state index in [1.54, 1.807) is 56.5 Å². The van der Waals surface area contributed by atoms with Crippen molar-refractivity contribution in [3.05, 3.63) is 69.7 Å². The molecule has 3 rings (SSSR count). The van der Waals surface area contributed by atoms with Crippen LogP contribution in [0.25, 0.3) is 11.3 Å². The fourth-order valence-corrected chi connectivity index (χ4v) is 3.07. The van der Waals surface area contributed by atoms with Gasteiger partial charge in [-0.05, 0) is 55.3 Å². The number of hydrogen-bond acceptors (Lipinski definition) is 5. The molecule has 0 aliphatic rings. The summed E-state index contributed by atoms with van der Waals surface area (Å²) < 4.78 is 6.23. The van der Waals surface area contributed by atoms with Crippen molar-refractivity contribution in [3.63, 3.8) is 0 Å². The Morgan fingerprint density at radius 1 is 1.24 bits per heavy atom. The second-order valence-electron chi connectivity index (χ2n) is 6.42.